The molecule has 0 aliphatic rings. The lowest BCUT2D eigenvalue weighted by molar-refractivity contribution is 0.663. The van der Waals surface area contributed by atoms with E-state index in [9.17, 15) is 4.32 Å². The van der Waals surface area contributed by atoms with Crippen molar-refractivity contribution in [2.45, 2.75) is 54.8 Å². The van der Waals surface area contributed by atoms with E-state index in [4.69, 9.17) is 0 Å². The number of aromatic nitrogens is 1. The van der Waals surface area contributed by atoms with Gasteiger partial charge in [-0.2, -0.15) is 0 Å². The molecule has 1 aromatic heterocycles. The fourth-order valence-corrected chi connectivity index (χ4v) is 4.10. The molecule has 0 aliphatic heterocycles. The summed E-state index contributed by atoms with van der Waals surface area (Å²) in [6, 6.07) is 12.5. The zero-order valence-corrected chi connectivity index (χ0v) is 18.4. The van der Waals surface area contributed by atoms with Gasteiger partial charge in [0.2, 0.25) is 0 Å². The third kappa shape index (κ3) is 4.58. The first-order valence-electron chi connectivity index (χ1n) is 10.2. The normalized spacial score (nSPS) is 13.9. The van der Waals surface area contributed by atoms with Crippen LogP contribution in [0.5, 0.6) is 0 Å². The molecule has 0 fully saturated rings. The molecule has 1 nitrogen and oxygen atoms in total. The summed E-state index contributed by atoms with van der Waals surface area (Å²) in [5.74, 6) is 0.337. The van der Waals surface area contributed by atoms with Crippen LogP contribution in [0.1, 0.15) is 56.6 Å². The highest BCUT2D eigenvalue weighted by molar-refractivity contribution is 6.48. The molecule has 3 heteroatoms. The second-order valence-electron chi connectivity index (χ2n) is 7.90. The summed E-state index contributed by atoms with van der Waals surface area (Å²) in [4.78, 5) is 0. The van der Waals surface area contributed by atoms with Crippen LogP contribution in [0.3, 0.4) is 0 Å². The molecule has 0 radical (unpaired) electrons. The van der Waals surface area contributed by atoms with Gasteiger partial charge in [-0.1, -0.05) is 62.4 Å². The standard InChI is InChI=1S/C25H33BFN/c1-9-18(4)23(19(5)15-17(2)3)24(22-13-11-10-12-14-22)25-20(6)16-21(7)28(25)26(8)27/h10-16,18H,2,9H2,1,3-8H3. The number of nitrogens with zero attached hydrogens (tertiary/aromatic N) is 1. The Morgan fingerprint density at radius 3 is 2.32 bits per heavy atom. The highest BCUT2D eigenvalue weighted by Crippen LogP contribution is 2.38. The average Bonchev–Trinajstić information content (AvgIpc) is 2.92. The lowest BCUT2D eigenvalue weighted by atomic mass is 9.81. The maximum absolute atomic E-state index is 14.7. The molecular weight excluding hydrogens is 344 g/mol. The van der Waals surface area contributed by atoms with Gasteiger partial charge in [-0.3, -0.25) is 0 Å². The minimum Gasteiger partial charge on any atom is -0.360 e. The van der Waals surface area contributed by atoms with Crippen LogP contribution in [0, 0.1) is 19.8 Å². The summed E-state index contributed by atoms with van der Waals surface area (Å²) in [5, 5.41) is 0. The van der Waals surface area contributed by atoms with E-state index < -0.39 is 7.12 Å². The average molecular weight is 377 g/mol. The summed E-state index contributed by atoms with van der Waals surface area (Å²) >= 11 is 0. The minimum absolute atomic E-state index is 0.337. The van der Waals surface area contributed by atoms with Gasteiger partial charge in [0.15, 0.2) is 0 Å². The number of hydrogen-bond acceptors (Lipinski definition) is 0. The molecule has 1 heterocycles. The van der Waals surface area contributed by atoms with E-state index in [1.807, 2.05) is 24.4 Å². The Kier molecular flexibility index (Phi) is 7.29. The fraction of sp³-hybridized carbons (Fsp3) is 0.360. The number of benzene rings is 1. The van der Waals surface area contributed by atoms with Crippen molar-refractivity contribution in [2.75, 3.05) is 0 Å². The van der Waals surface area contributed by atoms with Crippen molar-refractivity contribution < 1.29 is 4.32 Å². The topological polar surface area (TPSA) is 4.93 Å². The van der Waals surface area contributed by atoms with E-state index in [2.05, 4.69) is 70.7 Å². The number of allylic oxidation sites excluding steroid dienone is 4. The van der Waals surface area contributed by atoms with E-state index in [0.29, 0.717) is 5.92 Å². The molecule has 0 N–H and O–H groups in total. The molecule has 1 atom stereocenters. The van der Waals surface area contributed by atoms with Crippen molar-refractivity contribution >= 4 is 12.7 Å². The van der Waals surface area contributed by atoms with Crippen molar-refractivity contribution in [3.8, 4) is 0 Å². The van der Waals surface area contributed by atoms with Crippen molar-refractivity contribution in [3.05, 3.63) is 88.3 Å². The fourth-order valence-electron chi connectivity index (χ4n) is 4.10. The zero-order valence-electron chi connectivity index (χ0n) is 18.4. The van der Waals surface area contributed by atoms with Crippen molar-refractivity contribution in [3.63, 3.8) is 0 Å². The van der Waals surface area contributed by atoms with Crippen LogP contribution < -0.4 is 0 Å². The summed E-state index contributed by atoms with van der Waals surface area (Å²) < 4.78 is 16.5. The molecule has 148 valence electrons. The Balaban J connectivity index is 3.02. The van der Waals surface area contributed by atoms with Crippen LogP contribution in [-0.4, -0.2) is 11.6 Å². The van der Waals surface area contributed by atoms with Crippen LogP contribution in [0.15, 0.2) is 65.8 Å². The van der Waals surface area contributed by atoms with Crippen LogP contribution >= 0.6 is 0 Å². The van der Waals surface area contributed by atoms with Gasteiger partial charge in [-0.05, 0) is 75.2 Å². The SMILES string of the molecule is C=C(C)C=C(C)C(=C(c1ccccc1)c1c(C)cc(C)n1B(C)F)C(C)CC. The van der Waals surface area contributed by atoms with Crippen LogP contribution in [-0.2, 0) is 0 Å². The van der Waals surface area contributed by atoms with Crippen LogP contribution in [0.4, 0.5) is 4.32 Å². The molecule has 0 amide bonds. The summed E-state index contributed by atoms with van der Waals surface area (Å²) in [5.41, 5.74) is 8.74. The zero-order chi connectivity index (χ0) is 21.0. The smallest absolute Gasteiger partial charge is 0.360 e. The minimum atomic E-state index is -1.09. The third-order valence-electron chi connectivity index (χ3n) is 5.34. The first kappa shape index (κ1) is 22.0. The molecule has 2 rings (SSSR count). The van der Waals surface area contributed by atoms with Crippen molar-refractivity contribution in [2.24, 2.45) is 5.92 Å². The summed E-state index contributed by atoms with van der Waals surface area (Å²) in [6.07, 6.45) is 3.15. The van der Waals surface area contributed by atoms with Crippen LogP contribution in [0.2, 0.25) is 6.82 Å². The van der Waals surface area contributed by atoms with Gasteiger partial charge < -0.3 is 8.79 Å². The molecule has 1 unspecified atom stereocenters. The van der Waals surface area contributed by atoms with E-state index in [1.54, 1.807) is 6.82 Å². The maximum Gasteiger partial charge on any atom is 0.462 e. The molecule has 28 heavy (non-hydrogen) atoms. The predicted molar refractivity (Wildman–Crippen MR) is 123 cm³/mol. The maximum atomic E-state index is 14.7. The van der Waals surface area contributed by atoms with Gasteiger partial charge in [0.25, 0.3) is 0 Å². The first-order chi connectivity index (χ1) is 13.2. The molecule has 0 spiro atoms. The molecule has 0 bridgehead atoms. The molecule has 2 aromatic rings. The number of rotatable bonds is 7. The number of aryl methyl sites for hydroxylation is 2. The van der Waals surface area contributed by atoms with Crippen molar-refractivity contribution in [1.82, 2.24) is 4.48 Å². The lowest BCUT2D eigenvalue weighted by Crippen LogP contribution is -2.20. The summed E-state index contributed by atoms with van der Waals surface area (Å²) in [6.45, 7) is 18.4. The quantitative estimate of drug-likeness (QED) is 0.350. The van der Waals surface area contributed by atoms with E-state index in [1.165, 1.54) is 11.1 Å². The van der Waals surface area contributed by atoms with Gasteiger partial charge in [0, 0.05) is 17.0 Å². The van der Waals surface area contributed by atoms with Gasteiger partial charge in [-0.15, -0.1) is 0 Å². The van der Waals surface area contributed by atoms with Gasteiger partial charge in [0.05, 0.1) is 0 Å². The van der Waals surface area contributed by atoms with E-state index >= 15 is 0 Å². The van der Waals surface area contributed by atoms with Gasteiger partial charge in [-0.25, -0.2) is 0 Å². The molecule has 0 aliphatic carbocycles. The monoisotopic (exact) mass is 377 g/mol. The lowest BCUT2D eigenvalue weighted by Gasteiger charge is -2.24. The number of halogens is 1. The molecule has 1 aromatic carbocycles. The van der Waals surface area contributed by atoms with Gasteiger partial charge >= 0.3 is 7.12 Å². The Hall–Kier alpha value is -2.29. The van der Waals surface area contributed by atoms with E-state index in [-0.39, 0.29) is 0 Å². The van der Waals surface area contributed by atoms with Crippen LogP contribution in [0.25, 0.3) is 5.57 Å². The molecule has 0 saturated heterocycles. The second kappa shape index (κ2) is 9.27. The number of hydrogen-bond donors (Lipinski definition) is 0. The molecular formula is C25H33BFN. The predicted octanol–water partition coefficient (Wildman–Crippen LogP) is 7.41. The third-order valence-corrected chi connectivity index (χ3v) is 5.34. The Labute approximate surface area is 170 Å². The second-order valence-corrected chi connectivity index (χ2v) is 7.90. The summed E-state index contributed by atoms with van der Waals surface area (Å²) in [7, 11) is -1.09. The highest BCUT2D eigenvalue weighted by Gasteiger charge is 2.26. The van der Waals surface area contributed by atoms with Crippen molar-refractivity contribution in [1.29, 1.82) is 0 Å². The van der Waals surface area contributed by atoms with Gasteiger partial charge in [0.1, 0.15) is 0 Å². The first-order valence-corrected chi connectivity index (χ1v) is 10.2. The largest absolute Gasteiger partial charge is 0.462 e. The Bertz CT molecular complexity index is 900. The molecule has 0 saturated carbocycles. The highest BCUT2D eigenvalue weighted by atomic mass is 19.1. The Morgan fingerprint density at radius 1 is 1.21 bits per heavy atom. The Morgan fingerprint density at radius 2 is 1.82 bits per heavy atom. The van der Waals surface area contributed by atoms with E-state index in [0.717, 1.165) is 40.1 Å².